The van der Waals surface area contributed by atoms with E-state index in [-0.39, 0.29) is 19.0 Å². The number of carboxylic acid groups (broad SMARTS) is 1. The maximum Gasteiger partial charge on any atom is 0.341 e. The van der Waals surface area contributed by atoms with E-state index in [1.165, 1.54) is 6.07 Å². The normalized spacial score (nSPS) is 10.0. The number of aliphatic carboxylic acids is 1. The topological polar surface area (TPSA) is 85.2 Å². The lowest BCUT2D eigenvalue weighted by Crippen LogP contribution is -2.12. The first kappa shape index (κ1) is 15.5. The molecule has 0 saturated carbocycles. The van der Waals surface area contributed by atoms with Gasteiger partial charge >= 0.3 is 5.97 Å². The van der Waals surface area contributed by atoms with Gasteiger partial charge in [0, 0.05) is 0 Å². The monoisotopic (exact) mass is 304 g/mol. The summed E-state index contributed by atoms with van der Waals surface area (Å²) in [6, 6.07) is 13.4. The molecule has 116 valence electrons. The maximum atomic E-state index is 10.5. The second-order valence-corrected chi connectivity index (χ2v) is 4.29. The number of phenols is 1. The van der Waals surface area contributed by atoms with Crippen LogP contribution in [-0.2, 0) is 4.79 Å². The Morgan fingerprint density at radius 3 is 1.91 bits per heavy atom. The summed E-state index contributed by atoms with van der Waals surface area (Å²) in [5.74, 6) is 0.170. The summed E-state index contributed by atoms with van der Waals surface area (Å²) in [5, 5.41) is 18.2. The smallest absolute Gasteiger partial charge is 0.341 e. The number of hydrogen-bond acceptors (Lipinski definition) is 5. The fourth-order valence-electron chi connectivity index (χ4n) is 1.71. The van der Waals surface area contributed by atoms with Gasteiger partial charge in [-0.25, -0.2) is 4.79 Å². The lowest BCUT2D eigenvalue weighted by molar-refractivity contribution is -0.139. The second kappa shape index (κ2) is 7.78. The highest BCUT2D eigenvalue weighted by molar-refractivity contribution is 5.68. The number of benzene rings is 2. The molecule has 0 radical (unpaired) electrons. The van der Waals surface area contributed by atoms with Crippen LogP contribution in [-0.4, -0.2) is 36.0 Å². The third kappa shape index (κ3) is 4.59. The van der Waals surface area contributed by atoms with Gasteiger partial charge in [0.25, 0.3) is 0 Å². The Morgan fingerprint density at radius 1 is 0.818 bits per heavy atom. The van der Waals surface area contributed by atoms with Crippen LogP contribution < -0.4 is 14.2 Å². The van der Waals surface area contributed by atoms with Gasteiger partial charge in [0.1, 0.15) is 13.2 Å². The van der Waals surface area contributed by atoms with Crippen LogP contribution in [0.25, 0.3) is 0 Å². The number of carbonyl (C=O) groups is 1. The third-order valence-corrected chi connectivity index (χ3v) is 2.66. The van der Waals surface area contributed by atoms with Crippen LogP contribution in [0.2, 0.25) is 0 Å². The van der Waals surface area contributed by atoms with Gasteiger partial charge in [0.15, 0.2) is 29.6 Å². The van der Waals surface area contributed by atoms with Crippen molar-refractivity contribution in [2.45, 2.75) is 0 Å². The lowest BCUT2D eigenvalue weighted by Gasteiger charge is -2.12. The van der Waals surface area contributed by atoms with E-state index in [0.717, 1.165) is 0 Å². The highest BCUT2D eigenvalue weighted by Gasteiger charge is 2.07. The van der Waals surface area contributed by atoms with Crippen LogP contribution in [0, 0.1) is 0 Å². The van der Waals surface area contributed by atoms with Crippen LogP contribution in [0.3, 0.4) is 0 Å². The second-order valence-electron chi connectivity index (χ2n) is 4.29. The molecular formula is C16H16O6. The quantitative estimate of drug-likeness (QED) is 0.728. The van der Waals surface area contributed by atoms with Gasteiger partial charge in [0.2, 0.25) is 0 Å². The molecular weight excluding hydrogens is 288 g/mol. The van der Waals surface area contributed by atoms with Gasteiger partial charge in [-0.2, -0.15) is 0 Å². The van der Waals surface area contributed by atoms with Crippen LogP contribution in [0.1, 0.15) is 0 Å². The maximum absolute atomic E-state index is 10.5. The number of aromatic hydroxyl groups is 1. The SMILES string of the molecule is O=C(O)COc1ccccc1OCCOc1ccccc1O. The van der Waals surface area contributed by atoms with Crippen LogP contribution in [0.15, 0.2) is 48.5 Å². The van der Waals surface area contributed by atoms with Crippen molar-refractivity contribution in [1.82, 2.24) is 0 Å². The van der Waals surface area contributed by atoms with E-state index in [4.69, 9.17) is 19.3 Å². The molecule has 6 nitrogen and oxygen atoms in total. The van der Waals surface area contributed by atoms with E-state index in [1.54, 1.807) is 42.5 Å². The summed E-state index contributed by atoms with van der Waals surface area (Å²) in [5.41, 5.74) is 0. The van der Waals surface area contributed by atoms with Gasteiger partial charge in [-0.1, -0.05) is 24.3 Å². The van der Waals surface area contributed by atoms with E-state index < -0.39 is 12.6 Å². The van der Waals surface area contributed by atoms with Crippen molar-refractivity contribution in [3.05, 3.63) is 48.5 Å². The van der Waals surface area contributed by atoms with Gasteiger partial charge in [-0.15, -0.1) is 0 Å². The van der Waals surface area contributed by atoms with E-state index in [2.05, 4.69) is 0 Å². The van der Waals surface area contributed by atoms with Crippen molar-refractivity contribution in [1.29, 1.82) is 0 Å². The largest absolute Gasteiger partial charge is 0.504 e. The summed E-state index contributed by atoms with van der Waals surface area (Å²) in [6.07, 6.45) is 0. The molecule has 0 fully saturated rings. The summed E-state index contributed by atoms with van der Waals surface area (Å²) >= 11 is 0. The van der Waals surface area contributed by atoms with Crippen molar-refractivity contribution in [2.24, 2.45) is 0 Å². The highest BCUT2D eigenvalue weighted by Crippen LogP contribution is 2.27. The summed E-state index contributed by atoms with van der Waals surface area (Å²) in [6.45, 7) is 0.0153. The number of ether oxygens (including phenoxy) is 3. The molecule has 0 unspecified atom stereocenters. The molecule has 2 aromatic rings. The van der Waals surface area contributed by atoms with Gasteiger partial charge in [0.05, 0.1) is 0 Å². The first-order chi connectivity index (χ1) is 10.7. The Morgan fingerprint density at radius 2 is 1.32 bits per heavy atom. The van der Waals surface area contributed by atoms with Crippen molar-refractivity contribution < 1.29 is 29.2 Å². The first-order valence-electron chi connectivity index (χ1n) is 6.64. The number of para-hydroxylation sites is 4. The predicted molar refractivity (Wildman–Crippen MR) is 78.7 cm³/mol. The van der Waals surface area contributed by atoms with E-state index in [0.29, 0.717) is 17.2 Å². The van der Waals surface area contributed by atoms with Crippen LogP contribution >= 0.6 is 0 Å². The molecule has 0 aliphatic rings. The number of hydrogen-bond donors (Lipinski definition) is 2. The average molecular weight is 304 g/mol. The van der Waals surface area contributed by atoms with E-state index in [1.807, 2.05) is 0 Å². The molecule has 0 aliphatic carbocycles. The van der Waals surface area contributed by atoms with Gasteiger partial charge in [-0.3, -0.25) is 0 Å². The lowest BCUT2D eigenvalue weighted by atomic mass is 10.3. The molecule has 0 aromatic heterocycles. The standard InChI is InChI=1S/C16H16O6/c17-12-5-1-2-6-13(12)20-9-10-21-14-7-3-4-8-15(14)22-11-16(18)19/h1-8,17H,9-11H2,(H,18,19). The average Bonchev–Trinajstić information content (AvgIpc) is 2.52. The Bertz CT molecular complexity index is 626. The molecule has 0 bridgehead atoms. The predicted octanol–water partition coefficient (Wildman–Crippen LogP) is 2.31. The van der Waals surface area contributed by atoms with Crippen LogP contribution in [0.4, 0.5) is 0 Å². The molecule has 0 heterocycles. The van der Waals surface area contributed by atoms with Crippen LogP contribution in [0.5, 0.6) is 23.0 Å². The zero-order valence-electron chi connectivity index (χ0n) is 11.8. The first-order valence-corrected chi connectivity index (χ1v) is 6.64. The van der Waals surface area contributed by atoms with Gasteiger partial charge < -0.3 is 24.4 Å². The Labute approximate surface area is 127 Å². The van der Waals surface area contributed by atoms with E-state index >= 15 is 0 Å². The number of phenolic OH excluding ortho intramolecular Hbond substituents is 1. The zero-order chi connectivity index (χ0) is 15.8. The van der Waals surface area contributed by atoms with Crippen molar-refractivity contribution in [3.63, 3.8) is 0 Å². The molecule has 0 atom stereocenters. The Kier molecular flexibility index (Phi) is 5.48. The third-order valence-electron chi connectivity index (χ3n) is 2.66. The molecule has 6 heteroatoms. The zero-order valence-corrected chi connectivity index (χ0v) is 11.8. The summed E-state index contributed by atoms with van der Waals surface area (Å²) in [4.78, 5) is 10.5. The van der Waals surface area contributed by atoms with Gasteiger partial charge in [-0.05, 0) is 24.3 Å². The number of rotatable bonds is 8. The molecule has 2 rings (SSSR count). The molecule has 2 N–H and O–H groups in total. The molecule has 0 spiro atoms. The molecule has 2 aromatic carbocycles. The molecule has 0 saturated heterocycles. The van der Waals surface area contributed by atoms with E-state index in [9.17, 15) is 9.90 Å². The summed E-state index contributed by atoms with van der Waals surface area (Å²) in [7, 11) is 0. The minimum absolute atomic E-state index is 0.0627. The van der Waals surface area contributed by atoms with Crippen molar-refractivity contribution in [3.8, 4) is 23.0 Å². The minimum Gasteiger partial charge on any atom is -0.504 e. The number of carboxylic acids is 1. The molecule has 22 heavy (non-hydrogen) atoms. The highest BCUT2D eigenvalue weighted by atomic mass is 16.5. The Balaban J connectivity index is 1.84. The fraction of sp³-hybridized carbons (Fsp3) is 0.188. The summed E-state index contributed by atoms with van der Waals surface area (Å²) < 4.78 is 16.0. The molecule has 0 aliphatic heterocycles. The van der Waals surface area contributed by atoms with Crippen molar-refractivity contribution >= 4 is 5.97 Å². The fourth-order valence-corrected chi connectivity index (χ4v) is 1.71. The van der Waals surface area contributed by atoms with Crippen molar-refractivity contribution in [2.75, 3.05) is 19.8 Å². The Hall–Kier alpha value is -2.89. The minimum atomic E-state index is -1.06. The molecule has 0 amide bonds.